The van der Waals surface area contributed by atoms with Crippen LogP contribution in [0.2, 0.25) is 0 Å². The topological polar surface area (TPSA) is 50.4 Å². The van der Waals surface area contributed by atoms with Crippen molar-refractivity contribution in [1.82, 2.24) is 10.6 Å². The number of ether oxygens (including phenoxy) is 1. The smallest absolute Gasteiger partial charge is 0.362 e. The summed E-state index contributed by atoms with van der Waals surface area (Å²) in [6, 6.07) is 0.199. The van der Waals surface area contributed by atoms with Crippen LogP contribution in [-0.4, -0.2) is 44.4 Å². The van der Waals surface area contributed by atoms with Gasteiger partial charge in [-0.05, 0) is 25.3 Å². The third-order valence-electron chi connectivity index (χ3n) is 3.27. The molecule has 0 aromatic carbocycles. The molecule has 1 aliphatic rings. The number of carbonyl (C=O) groups is 1. The molecule has 0 spiro atoms. The van der Waals surface area contributed by atoms with E-state index in [1.165, 1.54) is 0 Å². The molecule has 1 aliphatic heterocycles. The first kappa shape index (κ1) is 16.2. The first-order valence-corrected chi connectivity index (χ1v) is 6.57. The fraction of sp³-hybridized carbons (Fsp3) is 0.917. The van der Waals surface area contributed by atoms with E-state index in [1.54, 1.807) is 0 Å². The van der Waals surface area contributed by atoms with Crippen molar-refractivity contribution in [2.75, 3.05) is 26.3 Å². The van der Waals surface area contributed by atoms with E-state index in [0.717, 1.165) is 25.8 Å². The van der Waals surface area contributed by atoms with Gasteiger partial charge >= 0.3 is 6.18 Å². The molecule has 7 heteroatoms. The molecule has 2 atom stereocenters. The van der Waals surface area contributed by atoms with E-state index in [-0.39, 0.29) is 6.04 Å². The second kappa shape index (κ2) is 7.69. The van der Waals surface area contributed by atoms with Crippen molar-refractivity contribution < 1.29 is 22.7 Å². The molecule has 2 unspecified atom stereocenters. The summed E-state index contributed by atoms with van der Waals surface area (Å²) in [5.41, 5.74) is 0. The summed E-state index contributed by atoms with van der Waals surface area (Å²) in [6.45, 7) is 1.51. The number of rotatable bonds is 6. The summed E-state index contributed by atoms with van der Waals surface area (Å²) in [4.78, 5) is 11.3. The molecule has 19 heavy (non-hydrogen) atoms. The molecule has 4 nitrogen and oxygen atoms in total. The average Bonchev–Trinajstić information content (AvgIpc) is 2.35. The van der Waals surface area contributed by atoms with Crippen LogP contribution in [0.3, 0.4) is 0 Å². The van der Waals surface area contributed by atoms with Crippen molar-refractivity contribution in [2.45, 2.75) is 38.4 Å². The number of piperidine rings is 1. The van der Waals surface area contributed by atoms with Gasteiger partial charge in [0.1, 0.15) is 13.2 Å². The lowest BCUT2D eigenvalue weighted by molar-refractivity contribution is -0.175. The molecule has 2 N–H and O–H groups in total. The van der Waals surface area contributed by atoms with Crippen molar-refractivity contribution in [3.8, 4) is 0 Å². The van der Waals surface area contributed by atoms with Gasteiger partial charge in [0, 0.05) is 12.6 Å². The molecule has 1 saturated heterocycles. The number of hydrogen-bond acceptors (Lipinski definition) is 3. The SMILES string of the molecule is CCC1CCCNC1CNC(=O)COCC(F)(F)F. The monoisotopic (exact) mass is 282 g/mol. The van der Waals surface area contributed by atoms with Crippen LogP contribution in [0.4, 0.5) is 13.2 Å². The molecular formula is C12H21F3N2O2. The Morgan fingerprint density at radius 2 is 2.21 bits per heavy atom. The van der Waals surface area contributed by atoms with Gasteiger partial charge in [-0.25, -0.2) is 0 Å². The van der Waals surface area contributed by atoms with Gasteiger partial charge in [-0.3, -0.25) is 4.79 Å². The van der Waals surface area contributed by atoms with E-state index in [4.69, 9.17) is 0 Å². The highest BCUT2D eigenvalue weighted by Gasteiger charge is 2.28. The van der Waals surface area contributed by atoms with Gasteiger partial charge in [-0.1, -0.05) is 13.3 Å². The normalized spacial score (nSPS) is 24.2. The maximum atomic E-state index is 11.8. The fourth-order valence-electron chi connectivity index (χ4n) is 2.28. The lowest BCUT2D eigenvalue weighted by atomic mass is 9.89. The van der Waals surface area contributed by atoms with Crippen molar-refractivity contribution in [3.63, 3.8) is 0 Å². The number of carbonyl (C=O) groups excluding carboxylic acids is 1. The molecule has 1 fully saturated rings. The van der Waals surface area contributed by atoms with Gasteiger partial charge in [-0.15, -0.1) is 0 Å². The minimum atomic E-state index is -4.39. The van der Waals surface area contributed by atoms with Crippen LogP contribution in [-0.2, 0) is 9.53 Å². The van der Waals surface area contributed by atoms with Gasteiger partial charge in [0.25, 0.3) is 0 Å². The molecule has 1 rings (SSSR count). The zero-order valence-corrected chi connectivity index (χ0v) is 11.1. The molecule has 0 bridgehead atoms. The highest BCUT2D eigenvalue weighted by Crippen LogP contribution is 2.19. The summed E-state index contributed by atoms with van der Waals surface area (Å²) in [5.74, 6) is -0.00313. The summed E-state index contributed by atoms with van der Waals surface area (Å²) in [6.07, 6.45) is -1.12. The van der Waals surface area contributed by atoms with Gasteiger partial charge in [0.05, 0.1) is 0 Å². The highest BCUT2D eigenvalue weighted by atomic mass is 19.4. The fourth-order valence-corrected chi connectivity index (χ4v) is 2.28. The maximum Gasteiger partial charge on any atom is 0.411 e. The Labute approximate surface area is 111 Å². The van der Waals surface area contributed by atoms with Crippen LogP contribution in [0.15, 0.2) is 0 Å². The number of alkyl halides is 3. The lowest BCUT2D eigenvalue weighted by Gasteiger charge is -2.32. The Morgan fingerprint density at radius 1 is 1.47 bits per heavy atom. The minimum absolute atomic E-state index is 0.199. The average molecular weight is 282 g/mol. The van der Waals surface area contributed by atoms with E-state index < -0.39 is 25.3 Å². The van der Waals surface area contributed by atoms with Crippen molar-refractivity contribution in [1.29, 1.82) is 0 Å². The first-order chi connectivity index (χ1) is 8.92. The van der Waals surface area contributed by atoms with Crippen LogP contribution >= 0.6 is 0 Å². The van der Waals surface area contributed by atoms with Gasteiger partial charge in [0.15, 0.2) is 0 Å². The van der Waals surface area contributed by atoms with Crippen LogP contribution in [0.25, 0.3) is 0 Å². The molecule has 0 saturated carbocycles. The Kier molecular flexibility index (Phi) is 6.57. The van der Waals surface area contributed by atoms with E-state index in [0.29, 0.717) is 12.5 Å². The third kappa shape index (κ3) is 6.77. The predicted molar refractivity (Wildman–Crippen MR) is 64.7 cm³/mol. The number of halogens is 3. The molecule has 0 aromatic rings. The van der Waals surface area contributed by atoms with Crippen LogP contribution in [0, 0.1) is 5.92 Å². The van der Waals surface area contributed by atoms with Crippen molar-refractivity contribution in [2.24, 2.45) is 5.92 Å². The summed E-state index contributed by atoms with van der Waals surface area (Å²) < 4.78 is 39.7. The highest BCUT2D eigenvalue weighted by molar-refractivity contribution is 5.77. The van der Waals surface area contributed by atoms with Gasteiger partial charge in [0.2, 0.25) is 5.91 Å². The van der Waals surface area contributed by atoms with Crippen LogP contribution in [0.1, 0.15) is 26.2 Å². The second-order valence-corrected chi connectivity index (χ2v) is 4.78. The minimum Gasteiger partial charge on any atom is -0.362 e. The van der Waals surface area contributed by atoms with Gasteiger partial charge in [-0.2, -0.15) is 13.2 Å². The largest absolute Gasteiger partial charge is 0.411 e. The molecule has 1 heterocycles. The maximum absolute atomic E-state index is 11.8. The number of nitrogens with one attached hydrogen (secondary N) is 2. The summed E-state index contributed by atoms with van der Waals surface area (Å²) in [5, 5.41) is 5.93. The lowest BCUT2D eigenvalue weighted by Crippen LogP contribution is -2.49. The quantitative estimate of drug-likeness (QED) is 0.775. The summed E-state index contributed by atoms with van der Waals surface area (Å²) >= 11 is 0. The van der Waals surface area contributed by atoms with Crippen molar-refractivity contribution >= 4 is 5.91 Å². The van der Waals surface area contributed by atoms with E-state index in [9.17, 15) is 18.0 Å². The number of hydrogen-bond donors (Lipinski definition) is 2. The standard InChI is InChI=1S/C12H21F3N2O2/c1-2-9-4-3-5-16-10(9)6-17-11(18)7-19-8-12(13,14)15/h9-10,16H,2-8H2,1H3,(H,17,18). The van der Waals surface area contributed by atoms with E-state index in [2.05, 4.69) is 22.3 Å². The molecular weight excluding hydrogens is 261 g/mol. The molecule has 0 aliphatic carbocycles. The molecule has 1 amide bonds. The first-order valence-electron chi connectivity index (χ1n) is 6.57. The third-order valence-corrected chi connectivity index (χ3v) is 3.27. The van der Waals surface area contributed by atoms with Crippen LogP contribution in [0.5, 0.6) is 0 Å². The number of amides is 1. The molecule has 0 aromatic heterocycles. The van der Waals surface area contributed by atoms with E-state index >= 15 is 0 Å². The van der Waals surface area contributed by atoms with Crippen molar-refractivity contribution in [3.05, 3.63) is 0 Å². The summed E-state index contributed by atoms with van der Waals surface area (Å²) in [7, 11) is 0. The Morgan fingerprint density at radius 3 is 2.84 bits per heavy atom. The van der Waals surface area contributed by atoms with E-state index in [1.807, 2.05) is 0 Å². The Hall–Kier alpha value is -0.820. The zero-order chi connectivity index (χ0) is 14.3. The zero-order valence-electron chi connectivity index (χ0n) is 11.1. The Bertz CT molecular complexity index is 285. The van der Waals surface area contributed by atoms with Gasteiger partial charge < -0.3 is 15.4 Å². The Balaban J connectivity index is 2.18. The van der Waals surface area contributed by atoms with Crippen LogP contribution < -0.4 is 10.6 Å². The molecule has 112 valence electrons. The second-order valence-electron chi connectivity index (χ2n) is 4.78. The molecule has 0 radical (unpaired) electrons. The predicted octanol–water partition coefficient (Wildman–Crippen LogP) is 1.46.